The number of hydrogen-bond donors (Lipinski definition) is 2. The molecule has 0 spiro atoms. The lowest BCUT2D eigenvalue weighted by atomic mass is 9.97. The smallest absolute Gasteiger partial charge is 0.378 e. The van der Waals surface area contributed by atoms with Crippen molar-refractivity contribution in [1.29, 1.82) is 0 Å². The molecule has 9 heteroatoms. The minimum Gasteiger partial charge on any atom is -0.378 e. The van der Waals surface area contributed by atoms with Gasteiger partial charge in [-0.1, -0.05) is 30.3 Å². The van der Waals surface area contributed by atoms with Crippen molar-refractivity contribution >= 4 is 11.9 Å². The van der Waals surface area contributed by atoms with Crippen LogP contribution < -0.4 is 10.6 Å². The molecule has 1 heterocycles. The Morgan fingerprint density at radius 2 is 1.89 bits per heavy atom. The van der Waals surface area contributed by atoms with Crippen molar-refractivity contribution in [2.45, 2.75) is 25.4 Å². The molecule has 0 aliphatic carbocycles. The van der Waals surface area contributed by atoms with Crippen LogP contribution in [-0.4, -0.2) is 68.9 Å². The van der Waals surface area contributed by atoms with Crippen molar-refractivity contribution in [2.75, 3.05) is 45.9 Å². The second kappa shape index (κ2) is 10.9. The highest BCUT2D eigenvalue weighted by molar-refractivity contribution is 5.85. The van der Waals surface area contributed by atoms with Gasteiger partial charge in [-0.25, -0.2) is 0 Å². The van der Waals surface area contributed by atoms with Gasteiger partial charge in [0.15, 0.2) is 5.96 Å². The molecule has 28 heavy (non-hydrogen) atoms. The molecule has 6 nitrogen and oxygen atoms in total. The summed E-state index contributed by atoms with van der Waals surface area (Å²) in [6.07, 6.45) is -5.19. The van der Waals surface area contributed by atoms with Gasteiger partial charge in [0.2, 0.25) is 5.91 Å². The van der Waals surface area contributed by atoms with Crippen molar-refractivity contribution in [2.24, 2.45) is 4.99 Å². The van der Waals surface area contributed by atoms with E-state index in [1.165, 1.54) is 0 Å². The maximum absolute atomic E-state index is 13.0. The molecule has 2 rings (SSSR count). The van der Waals surface area contributed by atoms with Crippen LogP contribution in [0.2, 0.25) is 0 Å². The van der Waals surface area contributed by atoms with Gasteiger partial charge < -0.3 is 20.3 Å². The topological polar surface area (TPSA) is 66.0 Å². The number of carbonyl (C=O) groups is 1. The Bertz CT molecular complexity index is 632. The number of nitrogens with zero attached hydrogens (tertiary/aromatic N) is 2. The largest absolute Gasteiger partial charge is 0.390 e. The second-order valence-electron chi connectivity index (χ2n) is 6.41. The lowest BCUT2D eigenvalue weighted by Crippen LogP contribution is -2.44. The zero-order valence-corrected chi connectivity index (χ0v) is 16.0. The zero-order chi connectivity index (χ0) is 20.4. The fraction of sp³-hybridized carbons (Fsp3) is 0.579. The quantitative estimate of drug-likeness (QED) is 0.544. The molecule has 1 saturated heterocycles. The van der Waals surface area contributed by atoms with Crippen LogP contribution in [-0.2, 0) is 9.53 Å². The van der Waals surface area contributed by atoms with Crippen molar-refractivity contribution in [3.63, 3.8) is 0 Å². The third-order valence-electron chi connectivity index (χ3n) is 4.30. The lowest BCUT2D eigenvalue weighted by Gasteiger charge is -2.30. The van der Waals surface area contributed by atoms with Crippen LogP contribution in [0.25, 0.3) is 0 Å². The molecule has 1 aromatic carbocycles. The number of halogens is 3. The fourth-order valence-electron chi connectivity index (χ4n) is 2.86. The van der Waals surface area contributed by atoms with Crippen molar-refractivity contribution in [1.82, 2.24) is 15.5 Å². The summed E-state index contributed by atoms with van der Waals surface area (Å²) in [6, 6.07) is 9.30. The Kier molecular flexibility index (Phi) is 8.56. The molecule has 0 radical (unpaired) electrons. The van der Waals surface area contributed by atoms with Crippen molar-refractivity contribution in [3.8, 4) is 0 Å². The predicted octanol–water partition coefficient (Wildman–Crippen LogP) is 2.14. The molecule has 0 aromatic heterocycles. The van der Waals surface area contributed by atoms with Crippen LogP contribution >= 0.6 is 0 Å². The summed E-state index contributed by atoms with van der Waals surface area (Å²) in [7, 11) is 0. The summed E-state index contributed by atoms with van der Waals surface area (Å²) < 4.78 is 42.4. The van der Waals surface area contributed by atoms with Crippen LogP contribution in [0, 0.1) is 0 Å². The minimum absolute atomic E-state index is 0.0515. The Morgan fingerprint density at radius 3 is 2.50 bits per heavy atom. The number of ether oxygens (including phenoxy) is 1. The van der Waals surface area contributed by atoms with Crippen molar-refractivity contribution < 1.29 is 22.7 Å². The Morgan fingerprint density at radius 1 is 1.21 bits per heavy atom. The predicted molar refractivity (Wildman–Crippen MR) is 101 cm³/mol. The van der Waals surface area contributed by atoms with Gasteiger partial charge >= 0.3 is 6.18 Å². The molecule has 0 saturated carbocycles. The first-order valence-corrected chi connectivity index (χ1v) is 9.41. The molecule has 1 fully saturated rings. The first kappa shape index (κ1) is 22.0. The zero-order valence-electron chi connectivity index (χ0n) is 16.0. The van der Waals surface area contributed by atoms with E-state index in [1.54, 1.807) is 4.90 Å². The molecule has 1 aliphatic rings. The summed E-state index contributed by atoms with van der Waals surface area (Å²) in [5.41, 5.74) is 0.828. The monoisotopic (exact) mass is 400 g/mol. The number of aliphatic imine (C=N–C) groups is 1. The number of rotatable bonds is 7. The summed E-state index contributed by atoms with van der Waals surface area (Å²) in [5, 5.41) is 5.60. The van der Waals surface area contributed by atoms with E-state index in [0.717, 1.165) is 5.56 Å². The lowest BCUT2D eigenvalue weighted by molar-refractivity contribution is -0.136. The Hall–Kier alpha value is -2.29. The summed E-state index contributed by atoms with van der Waals surface area (Å²) in [4.78, 5) is 19.2. The molecule has 0 bridgehead atoms. The van der Waals surface area contributed by atoms with Crippen LogP contribution in [0.4, 0.5) is 13.2 Å². The maximum Gasteiger partial charge on any atom is 0.390 e. The Balaban J connectivity index is 2.10. The van der Waals surface area contributed by atoms with Crippen LogP contribution in [0.1, 0.15) is 24.8 Å². The summed E-state index contributed by atoms with van der Waals surface area (Å²) in [6.45, 7) is 4.24. The minimum atomic E-state index is -4.23. The van der Waals surface area contributed by atoms with Crippen molar-refractivity contribution in [3.05, 3.63) is 35.9 Å². The van der Waals surface area contributed by atoms with Gasteiger partial charge in [-0.15, -0.1) is 0 Å². The number of alkyl halides is 3. The van der Waals surface area contributed by atoms with Gasteiger partial charge in [-0.3, -0.25) is 9.79 Å². The van der Waals surface area contributed by atoms with Gasteiger partial charge in [0, 0.05) is 26.2 Å². The molecular formula is C19H27F3N4O2. The SMILES string of the molecule is CCNC(=NCC(C(=O)N1CCOCC1)c1ccccc1)NCCC(F)(F)F. The molecular weight excluding hydrogens is 373 g/mol. The highest BCUT2D eigenvalue weighted by atomic mass is 19.4. The number of carbonyl (C=O) groups excluding carboxylic acids is 1. The van der Waals surface area contributed by atoms with Gasteiger partial charge in [-0.05, 0) is 12.5 Å². The summed E-state index contributed by atoms with van der Waals surface area (Å²) >= 11 is 0. The molecule has 1 aliphatic heterocycles. The molecule has 1 aromatic rings. The van der Waals surface area contributed by atoms with Gasteiger partial charge in [0.1, 0.15) is 0 Å². The summed E-state index contributed by atoms with van der Waals surface area (Å²) in [5.74, 6) is -0.288. The third kappa shape index (κ3) is 7.38. The van der Waals surface area contributed by atoms with E-state index in [4.69, 9.17) is 4.74 Å². The van der Waals surface area contributed by atoms with Crippen LogP contribution in [0.3, 0.4) is 0 Å². The van der Waals surface area contributed by atoms with Gasteiger partial charge in [0.25, 0.3) is 0 Å². The van der Waals surface area contributed by atoms with Gasteiger partial charge in [0.05, 0.1) is 32.1 Å². The molecule has 2 N–H and O–H groups in total. The molecule has 1 amide bonds. The fourth-order valence-corrected chi connectivity index (χ4v) is 2.86. The van der Waals surface area contributed by atoms with E-state index in [2.05, 4.69) is 15.6 Å². The maximum atomic E-state index is 13.0. The second-order valence-corrected chi connectivity index (χ2v) is 6.41. The molecule has 1 unspecified atom stereocenters. The standard InChI is InChI=1S/C19H27F3N4O2/c1-2-23-18(24-9-8-19(20,21)22)25-14-16(15-6-4-3-5-7-15)17(27)26-10-12-28-13-11-26/h3-7,16H,2,8-14H2,1H3,(H2,23,24,25). The number of guanidine groups is 1. The van der Waals surface area contributed by atoms with Gasteiger partial charge in [-0.2, -0.15) is 13.2 Å². The molecule has 156 valence electrons. The highest BCUT2D eigenvalue weighted by Crippen LogP contribution is 2.20. The van der Waals surface area contributed by atoms with E-state index in [1.807, 2.05) is 37.3 Å². The van der Waals surface area contributed by atoms with E-state index in [-0.39, 0.29) is 25.0 Å². The first-order valence-electron chi connectivity index (χ1n) is 9.41. The van der Waals surface area contributed by atoms with E-state index < -0.39 is 18.5 Å². The van der Waals surface area contributed by atoms with E-state index in [0.29, 0.717) is 32.8 Å². The van der Waals surface area contributed by atoms with E-state index >= 15 is 0 Å². The number of morpholine rings is 1. The first-order chi connectivity index (χ1) is 13.4. The average Bonchev–Trinajstić information content (AvgIpc) is 2.68. The molecule has 1 atom stereocenters. The number of amides is 1. The van der Waals surface area contributed by atoms with Crippen LogP contribution in [0.15, 0.2) is 35.3 Å². The number of nitrogens with one attached hydrogen (secondary N) is 2. The normalized spacial score (nSPS) is 16.6. The van der Waals surface area contributed by atoms with E-state index in [9.17, 15) is 18.0 Å². The third-order valence-corrected chi connectivity index (χ3v) is 4.30. The average molecular weight is 400 g/mol. The highest BCUT2D eigenvalue weighted by Gasteiger charge is 2.28. The number of benzene rings is 1. The Labute approximate surface area is 163 Å². The number of hydrogen-bond acceptors (Lipinski definition) is 3. The van der Waals surface area contributed by atoms with Crippen LogP contribution in [0.5, 0.6) is 0 Å².